The number of nitrogens with one attached hydrogen (secondary N) is 1. The number of hydrogen-bond acceptors (Lipinski definition) is 4. The third-order valence-electron chi connectivity index (χ3n) is 3.65. The van der Waals surface area contributed by atoms with Crippen LogP contribution in [0.15, 0.2) is 47.5 Å². The molecular formula is C15H16N2O3S. The number of nitrogens with zero attached hydrogens (tertiary/aromatic N) is 1. The highest BCUT2D eigenvalue weighted by atomic mass is 32.2. The molecule has 0 fully saturated rings. The van der Waals surface area contributed by atoms with E-state index >= 15 is 0 Å². The molecule has 0 spiro atoms. The van der Waals surface area contributed by atoms with Crippen molar-refractivity contribution in [1.82, 2.24) is 10.3 Å². The molecule has 0 aliphatic carbocycles. The van der Waals surface area contributed by atoms with Crippen LogP contribution in [0.2, 0.25) is 0 Å². The molecule has 0 amide bonds. The molecule has 2 heterocycles. The summed E-state index contributed by atoms with van der Waals surface area (Å²) in [5.74, 6) is 0. The monoisotopic (exact) mass is 304 g/mol. The molecule has 2 N–H and O–H groups in total. The first-order valence-corrected chi connectivity index (χ1v) is 8.20. The van der Waals surface area contributed by atoms with Gasteiger partial charge in [0.25, 0.3) is 0 Å². The zero-order chi connectivity index (χ0) is 14.9. The molecule has 110 valence electrons. The summed E-state index contributed by atoms with van der Waals surface area (Å²) in [7, 11) is -4.24. The topological polar surface area (TPSA) is 79.3 Å². The highest BCUT2D eigenvalue weighted by Gasteiger charge is 2.22. The normalized spacial score (nSPS) is 18.2. The summed E-state index contributed by atoms with van der Waals surface area (Å²) in [6, 6.07) is 13.4. The highest BCUT2D eigenvalue weighted by molar-refractivity contribution is 7.85. The lowest BCUT2D eigenvalue weighted by Gasteiger charge is -2.25. The number of hydrogen-bond donors (Lipinski definition) is 2. The van der Waals surface area contributed by atoms with Crippen LogP contribution in [0.1, 0.15) is 16.8 Å². The Balaban J connectivity index is 1.81. The smallest absolute Gasteiger partial charge is 0.309 e. The number of aromatic nitrogens is 1. The predicted octanol–water partition coefficient (Wildman–Crippen LogP) is 1.59. The number of rotatable bonds is 3. The van der Waals surface area contributed by atoms with E-state index in [-0.39, 0.29) is 11.1 Å². The second kappa shape index (κ2) is 5.55. The molecular weight excluding hydrogens is 288 g/mol. The first-order chi connectivity index (χ1) is 10.0. The fraction of sp³-hybridized carbons (Fsp3) is 0.267. The van der Waals surface area contributed by atoms with Crippen molar-refractivity contribution in [3.05, 3.63) is 59.3 Å². The van der Waals surface area contributed by atoms with Gasteiger partial charge in [0.1, 0.15) is 0 Å². The average molecular weight is 304 g/mol. The SMILES string of the molecule is O=S(=O)(O)c1ccc2c(n1)CC(Cc1ccccc1)NC2. The van der Waals surface area contributed by atoms with Gasteiger partial charge in [-0.25, -0.2) is 4.98 Å². The molecule has 1 aliphatic rings. The lowest BCUT2D eigenvalue weighted by Crippen LogP contribution is -2.37. The van der Waals surface area contributed by atoms with Crippen LogP contribution >= 0.6 is 0 Å². The molecule has 6 heteroatoms. The maximum atomic E-state index is 11.2. The van der Waals surface area contributed by atoms with Crippen molar-refractivity contribution < 1.29 is 13.0 Å². The third-order valence-corrected chi connectivity index (χ3v) is 4.41. The van der Waals surface area contributed by atoms with Gasteiger partial charge in [-0.15, -0.1) is 0 Å². The molecule has 1 unspecified atom stereocenters. The summed E-state index contributed by atoms with van der Waals surface area (Å²) in [6.45, 7) is 0.658. The minimum Gasteiger partial charge on any atom is -0.309 e. The van der Waals surface area contributed by atoms with Gasteiger partial charge in [-0.3, -0.25) is 4.55 Å². The van der Waals surface area contributed by atoms with Crippen LogP contribution in [0.5, 0.6) is 0 Å². The number of fused-ring (bicyclic) bond motifs is 1. The van der Waals surface area contributed by atoms with Crippen LogP contribution < -0.4 is 5.32 Å². The van der Waals surface area contributed by atoms with Gasteiger partial charge in [0.05, 0.1) is 0 Å². The van der Waals surface area contributed by atoms with Crippen molar-refractivity contribution in [1.29, 1.82) is 0 Å². The molecule has 2 aromatic rings. The van der Waals surface area contributed by atoms with E-state index in [4.69, 9.17) is 4.55 Å². The molecule has 0 saturated carbocycles. The van der Waals surface area contributed by atoms with E-state index in [2.05, 4.69) is 22.4 Å². The summed E-state index contributed by atoms with van der Waals surface area (Å²) in [5, 5.41) is 3.15. The lowest BCUT2D eigenvalue weighted by atomic mass is 9.96. The van der Waals surface area contributed by atoms with Crippen molar-refractivity contribution in [3.8, 4) is 0 Å². The Morgan fingerprint density at radius 3 is 2.67 bits per heavy atom. The molecule has 5 nitrogen and oxygen atoms in total. The molecule has 0 bridgehead atoms. The predicted molar refractivity (Wildman–Crippen MR) is 78.5 cm³/mol. The van der Waals surface area contributed by atoms with E-state index in [0.29, 0.717) is 13.0 Å². The Morgan fingerprint density at radius 2 is 1.95 bits per heavy atom. The zero-order valence-corrected chi connectivity index (χ0v) is 12.2. The lowest BCUT2D eigenvalue weighted by molar-refractivity contribution is 0.459. The van der Waals surface area contributed by atoms with E-state index in [9.17, 15) is 8.42 Å². The third kappa shape index (κ3) is 3.29. The van der Waals surface area contributed by atoms with E-state index in [1.54, 1.807) is 6.07 Å². The molecule has 21 heavy (non-hydrogen) atoms. The van der Waals surface area contributed by atoms with Gasteiger partial charge >= 0.3 is 10.1 Å². The van der Waals surface area contributed by atoms with Crippen LogP contribution in [0, 0.1) is 0 Å². The zero-order valence-electron chi connectivity index (χ0n) is 11.4. The summed E-state index contributed by atoms with van der Waals surface area (Å²) < 4.78 is 31.4. The molecule has 3 rings (SSSR count). The fourth-order valence-electron chi connectivity index (χ4n) is 2.59. The van der Waals surface area contributed by atoms with Crippen LogP contribution in [0.4, 0.5) is 0 Å². The maximum absolute atomic E-state index is 11.2. The second-order valence-electron chi connectivity index (χ2n) is 5.20. The molecule has 0 saturated heterocycles. The summed E-state index contributed by atoms with van der Waals surface area (Å²) in [5.41, 5.74) is 2.95. The Bertz CT molecular complexity index is 745. The first kappa shape index (κ1) is 14.2. The van der Waals surface area contributed by atoms with Crippen molar-refractivity contribution in [2.45, 2.75) is 30.5 Å². The molecule has 1 aromatic carbocycles. The first-order valence-electron chi connectivity index (χ1n) is 6.76. The minimum absolute atomic E-state index is 0.212. The summed E-state index contributed by atoms with van der Waals surface area (Å²) in [6.07, 6.45) is 1.51. The van der Waals surface area contributed by atoms with Crippen molar-refractivity contribution in [3.63, 3.8) is 0 Å². The van der Waals surface area contributed by atoms with Crippen LogP contribution in [0.25, 0.3) is 0 Å². The van der Waals surface area contributed by atoms with Gasteiger partial charge in [0.2, 0.25) is 0 Å². The van der Waals surface area contributed by atoms with Gasteiger partial charge in [0, 0.05) is 24.7 Å². The van der Waals surface area contributed by atoms with E-state index in [0.717, 1.165) is 17.7 Å². The Labute approximate surface area is 123 Å². The van der Waals surface area contributed by atoms with Gasteiger partial charge in [-0.1, -0.05) is 36.4 Å². The quantitative estimate of drug-likeness (QED) is 0.842. The number of benzene rings is 1. The summed E-state index contributed by atoms with van der Waals surface area (Å²) >= 11 is 0. The summed E-state index contributed by atoms with van der Waals surface area (Å²) in [4.78, 5) is 4.10. The largest absolute Gasteiger partial charge is 0.312 e. The standard InChI is InChI=1S/C15H16N2O3S/c18-21(19,20)15-7-6-12-10-16-13(9-14(12)17-15)8-11-4-2-1-3-5-11/h1-7,13,16H,8-10H2,(H,18,19,20). The van der Waals surface area contributed by atoms with Gasteiger partial charge < -0.3 is 5.32 Å². The Kier molecular flexibility index (Phi) is 3.75. The maximum Gasteiger partial charge on any atom is 0.312 e. The van der Waals surface area contributed by atoms with Gasteiger partial charge in [0.15, 0.2) is 5.03 Å². The fourth-order valence-corrected chi connectivity index (χ4v) is 3.06. The molecule has 0 radical (unpaired) electrons. The van der Waals surface area contributed by atoms with Crippen LogP contribution in [-0.2, 0) is 29.5 Å². The van der Waals surface area contributed by atoms with Crippen molar-refractivity contribution in [2.24, 2.45) is 0 Å². The highest BCUT2D eigenvalue weighted by Crippen LogP contribution is 2.19. The van der Waals surface area contributed by atoms with Crippen molar-refractivity contribution >= 4 is 10.1 Å². The minimum atomic E-state index is -4.24. The van der Waals surface area contributed by atoms with Crippen LogP contribution in [0.3, 0.4) is 0 Å². The van der Waals surface area contributed by atoms with Crippen molar-refractivity contribution in [2.75, 3.05) is 0 Å². The van der Waals surface area contributed by atoms with Gasteiger partial charge in [-0.2, -0.15) is 8.42 Å². The Morgan fingerprint density at radius 1 is 1.19 bits per heavy atom. The average Bonchev–Trinajstić information content (AvgIpc) is 2.46. The molecule has 1 aromatic heterocycles. The molecule has 1 aliphatic heterocycles. The molecule has 1 atom stereocenters. The van der Waals surface area contributed by atoms with E-state index in [1.165, 1.54) is 11.6 Å². The second-order valence-corrected chi connectivity index (χ2v) is 6.57. The van der Waals surface area contributed by atoms with Crippen LogP contribution in [-0.4, -0.2) is 24.0 Å². The Hall–Kier alpha value is -1.76. The van der Waals surface area contributed by atoms with Gasteiger partial charge in [-0.05, 0) is 23.6 Å². The number of pyridine rings is 1. The van der Waals surface area contributed by atoms with E-state index in [1.807, 2.05) is 18.2 Å². The van der Waals surface area contributed by atoms with E-state index < -0.39 is 10.1 Å².